The largest absolute Gasteiger partial charge is 0.469 e. The zero-order chi connectivity index (χ0) is 21.1. The quantitative estimate of drug-likeness (QED) is 0.184. The van der Waals surface area contributed by atoms with Gasteiger partial charge < -0.3 is 4.74 Å². The molecular weight excluding hydrogens is 380 g/mol. The van der Waals surface area contributed by atoms with Crippen molar-refractivity contribution in [3.05, 3.63) is 81.0 Å². The molecule has 1 heterocycles. The minimum Gasteiger partial charge on any atom is -0.469 e. The summed E-state index contributed by atoms with van der Waals surface area (Å²) in [5.41, 5.74) is -0.584. The summed E-state index contributed by atoms with van der Waals surface area (Å²) in [6, 6.07) is 11.5. The van der Waals surface area contributed by atoms with Gasteiger partial charge in [-0.1, -0.05) is 24.3 Å². The number of allylic oxidation sites excluding steroid dienone is 1. The third-order valence-electron chi connectivity index (χ3n) is 4.28. The summed E-state index contributed by atoms with van der Waals surface area (Å²) < 4.78 is 4.48. The number of hydrogen-bond acceptors (Lipinski definition) is 7. The topological polar surface area (TPSA) is 124 Å². The van der Waals surface area contributed by atoms with Crippen LogP contribution in [0.1, 0.15) is 32.7 Å². The summed E-state index contributed by atoms with van der Waals surface area (Å²) in [5, 5.41) is 11.3. The van der Waals surface area contributed by atoms with Crippen LogP contribution in [0.4, 0.5) is 5.69 Å². The number of esters is 1. The fourth-order valence-corrected chi connectivity index (χ4v) is 2.89. The van der Waals surface area contributed by atoms with Crippen LogP contribution in [0, 0.1) is 10.1 Å². The monoisotopic (exact) mass is 394 g/mol. The number of nitro benzene ring substituents is 1. The molecule has 0 bridgehead atoms. The fourth-order valence-electron chi connectivity index (χ4n) is 2.89. The van der Waals surface area contributed by atoms with E-state index in [2.05, 4.69) is 4.74 Å². The lowest BCUT2D eigenvalue weighted by atomic mass is 10.1. The highest BCUT2D eigenvalue weighted by Crippen LogP contribution is 2.29. The van der Waals surface area contributed by atoms with Gasteiger partial charge in [-0.15, -0.1) is 0 Å². The molecular formula is C20H14N2O7. The highest BCUT2D eigenvalue weighted by atomic mass is 16.6. The van der Waals surface area contributed by atoms with Crippen molar-refractivity contribution in [3.8, 4) is 0 Å². The molecule has 0 radical (unpaired) electrons. The smallest absolute Gasteiger partial charge is 0.313 e. The van der Waals surface area contributed by atoms with Gasteiger partial charge in [0.15, 0.2) is 5.78 Å². The van der Waals surface area contributed by atoms with Crippen molar-refractivity contribution in [1.29, 1.82) is 0 Å². The number of nitro groups is 1. The zero-order valence-corrected chi connectivity index (χ0v) is 15.2. The second-order valence-electron chi connectivity index (χ2n) is 6.01. The van der Waals surface area contributed by atoms with Crippen molar-refractivity contribution in [3.63, 3.8) is 0 Å². The van der Waals surface area contributed by atoms with Crippen LogP contribution in [0.25, 0.3) is 6.08 Å². The number of amides is 2. The lowest BCUT2D eigenvalue weighted by molar-refractivity contribution is -0.385. The van der Waals surface area contributed by atoms with E-state index in [1.165, 1.54) is 36.4 Å². The molecule has 0 fully saturated rings. The highest BCUT2D eigenvalue weighted by Gasteiger charge is 2.40. The summed E-state index contributed by atoms with van der Waals surface area (Å²) in [6.07, 6.45) is 0.321. The van der Waals surface area contributed by atoms with Crippen molar-refractivity contribution >= 4 is 35.3 Å². The van der Waals surface area contributed by atoms with Gasteiger partial charge in [0.05, 0.1) is 34.4 Å². The van der Waals surface area contributed by atoms with E-state index >= 15 is 0 Å². The fraction of sp³-hybridized carbons (Fsp3) is 0.100. The molecule has 2 aromatic carbocycles. The second-order valence-corrected chi connectivity index (χ2v) is 6.01. The van der Waals surface area contributed by atoms with Gasteiger partial charge in [-0.05, 0) is 24.3 Å². The van der Waals surface area contributed by atoms with Crippen LogP contribution in [0.2, 0.25) is 0 Å². The molecule has 1 aliphatic heterocycles. The molecule has 0 aromatic heterocycles. The highest BCUT2D eigenvalue weighted by molar-refractivity contribution is 6.26. The number of nitrogens with zero attached hydrogens (tertiary/aromatic N) is 2. The van der Waals surface area contributed by atoms with Gasteiger partial charge in [0, 0.05) is 6.07 Å². The van der Waals surface area contributed by atoms with E-state index in [9.17, 15) is 29.3 Å². The Morgan fingerprint density at radius 3 is 2.14 bits per heavy atom. The molecule has 2 aromatic rings. The number of benzene rings is 2. The number of hydrogen-bond donors (Lipinski definition) is 0. The normalized spacial score (nSPS) is 13.3. The molecule has 0 spiro atoms. The Bertz CT molecular complexity index is 1050. The number of carbonyl (C=O) groups is 4. The molecule has 0 unspecified atom stereocenters. The SMILES string of the molecule is COC(=O)CC(=O)C(=Cc1ccccc1[N+](=O)[O-])N1C(=O)c2ccccc2C1=O. The maximum absolute atomic E-state index is 12.8. The summed E-state index contributed by atoms with van der Waals surface area (Å²) in [4.78, 5) is 61.2. The van der Waals surface area contributed by atoms with Crippen LogP contribution in [0.3, 0.4) is 0 Å². The Labute approximate surface area is 164 Å². The second kappa shape index (κ2) is 7.85. The predicted octanol–water partition coefficient (Wildman–Crippen LogP) is 2.36. The summed E-state index contributed by atoms with van der Waals surface area (Å²) >= 11 is 0. The minimum absolute atomic E-state index is 0.00210. The predicted molar refractivity (Wildman–Crippen MR) is 99.7 cm³/mol. The van der Waals surface area contributed by atoms with E-state index in [4.69, 9.17) is 0 Å². The lowest BCUT2D eigenvalue weighted by Gasteiger charge is -2.17. The Morgan fingerprint density at radius 1 is 1.03 bits per heavy atom. The number of methoxy groups -OCH3 is 1. The molecule has 0 saturated heterocycles. The first-order valence-electron chi connectivity index (χ1n) is 8.38. The standard InChI is InChI=1S/C20H14N2O7/c1-29-18(24)11-17(23)16(10-12-6-2-5-9-15(12)22(27)28)21-19(25)13-7-3-4-8-14(13)20(21)26/h2-10H,11H2,1H3. The molecule has 9 heteroatoms. The maximum atomic E-state index is 12.8. The van der Waals surface area contributed by atoms with E-state index in [-0.39, 0.29) is 22.4 Å². The van der Waals surface area contributed by atoms with Crippen molar-refractivity contribution in [2.45, 2.75) is 6.42 Å². The maximum Gasteiger partial charge on any atom is 0.313 e. The molecule has 1 aliphatic rings. The van der Waals surface area contributed by atoms with E-state index in [0.29, 0.717) is 4.90 Å². The number of ketones is 1. The lowest BCUT2D eigenvalue weighted by Crippen LogP contribution is -2.33. The van der Waals surface area contributed by atoms with Gasteiger partial charge in [0.25, 0.3) is 17.5 Å². The first-order valence-corrected chi connectivity index (χ1v) is 8.38. The van der Waals surface area contributed by atoms with Crippen LogP contribution >= 0.6 is 0 Å². The molecule has 0 N–H and O–H groups in total. The Balaban J connectivity index is 2.14. The van der Waals surface area contributed by atoms with Crippen LogP contribution in [0.5, 0.6) is 0 Å². The molecule has 0 saturated carbocycles. The van der Waals surface area contributed by atoms with Crippen LogP contribution in [-0.2, 0) is 14.3 Å². The Hall–Kier alpha value is -4.14. The number of Topliss-reactive ketones (excluding diaryl/α,β-unsaturated/α-hetero) is 1. The van der Waals surface area contributed by atoms with Crippen molar-refractivity contribution in [2.75, 3.05) is 7.11 Å². The van der Waals surface area contributed by atoms with Gasteiger partial charge >= 0.3 is 5.97 Å². The molecule has 9 nitrogen and oxygen atoms in total. The third-order valence-corrected chi connectivity index (χ3v) is 4.28. The molecule has 29 heavy (non-hydrogen) atoms. The summed E-state index contributed by atoms with van der Waals surface area (Å²) in [7, 11) is 1.09. The summed E-state index contributed by atoms with van der Waals surface area (Å²) in [5.74, 6) is -3.27. The Morgan fingerprint density at radius 2 is 1.59 bits per heavy atom. The average molecular weight is 394 g/mol. The van der Waals surface area contributed by atoms with E-state index < -0.39 is 40.6 Å². The Kier molecular flexibility index (Phi) is 5.31. The first kappa shape index (κ1) is 19.6. The molecule has 0 aliphatic carbocycles. The number of fused-ring (bicyclic) bond motifs is 1. The number of rotatable bonds is 6. The van der Waals surface area contributed by atoms with E-state index in [1.54, 1.807) is 12.1 Å². The molecule has 146 valence electrons. The van der Waals surface area contributed by atoms with Crippen LogP contribution in [0.15, 0.2) is 54.2 Å². The number of ether oxygens (including phenoxy) is 1. The van der Waals surface area contributed by atoms with Crippen LogP contribution < -0.4 is 0 Å². The van der Waals surface area contributed by atoms with Crippen molar-refractivity contribution in [1.82, 2.24) is 4.90 Å². The third kappa shape index (κ3) is 3.65. The molecule has 3 rings (SSSR count). The van der Waals surface area contributed by atoms with Crippen molar-refractivity contribution in [2.24, 2.45) is 0 Å². The van der Waals surface area contributed by atoms with Gasteiger partial charge in [0.1, 0.15) is 6.42 Å². The van der Waals surface area contributed by atoms with Gasteiger partial charge in [-0.3, -0.25) is 29.3 Å². The number of para-hydroxylation sites is 1. The summed E-state index contributed by atoms with van der Waals surface area (Å²) in [6.45, 7) is 0. The van der Waals surface area contributed by atoms with E-state index in [0.717, 1.165) is 13.2 Å². The number of imide groups is 1. The average Bonchev–Trinajstić information content (AvgIpc) is 2.97. The van der Waals surface area contributed by atoms with Gasteiger partial charge in [-0.2, -0.15) is 0 Å². The van der Waals surface area contributed by atoms with E-state index in [1.807, 2.05) is 0 Å². The number of carbonyl (C=O) groups excluding carboxylic acids is 4. The zero-order valence-electron chi connectivity index (χ0n) is 15.2. The van der Waals surface area contributed by atoms with Crippen LogP contribution in [-0.4, -0.2) is 40.5 Å². The van der Waals surface area contributed by atoms with Gasteiger partial charge in [-0.25, -0.2) is 4.90 Å². The molecule has 0 atom stereocenters. The van der Waals surface area contributed by atoms with Crippen molar-refractivity contribution < 1.29 is 28.8 Å². The first-order chi connectivity index (χ1) is 13.8. The molecule has 2 amide bonds. The minimum atomic E-state index is -0.885. The van der Waals surface area contributed by atoms with Gasteiger partial charge in [0.2, 0.25) is 0 Å².